The summed E-state index contributed by atoms with van der Waals surface area (Å²) < 4.78 is 5.85. The molecule has 0 aliphatic heterocycles. The van der Waals surface area contributed by atoms with Crippen molar-refractivity contribution in [2.24, 2.45) is 0 Å². The summed E-state index contributed by atoms with van der Waals surface area (Å²) >= 11 is 3.44. The Hall–Kier alpha value is -2.92. The fraction of sp³-hybridized carbons (Fsp3) is 0.167. The number of esters is 1. The molecule has 3 rings (SSSR count). The van der Waals surface area contributed by atoms with Gasteiger partial charge in [0.1, 0.15) is 6.04 Å². The molecule has 1 atom stereocenters. The van der Waals surface area contributed by atoms with Crippen molar-refractivity contribution in [1.82, 2.24) is 5.32 Å². The topological polar surface area (TPSA) is 55.4 Å². The number of hydrogen-bond donors (Lipinski definition) is 1. The zero-order valence-electron chi connectivity index (χ0n) is 16.0. The van der Waals surface area contributed by atoms with Crippen molar-refractivity contribution in [1.29, 1.82) is 0 Å². The lowest BCUT2D eigenvalue weighted by Crippen LogP contribution is -2.45. The summed E-state index contributed by atoms with van der Waals surface area (Å²) in [5.41, 5.74) is 2.65. The molecule has 1 N–H and O–H groups in total. The molecule has 0 saturated carbocycles. The minimum Gasteiger partial charge on any atom is -0.467 e. The first kappa shape index (κ1) is 20.8. The molecule has 0 radical (unpaired) electrons. The molecule has 0 aromatic heterocycles. The van der Waals surface area contributed by atoms with Gasteiger partial charge in [-0.05, 0) is 28.8 Å². The number of carbonyl (C=O) groups is 2. The number of nitrogens with one attached hydrogen (secondary N) is 1. The van der Waals surface area contributed by atoms with Crippen molar-refractivity contribution in [3.8, 4) is 0 Å². The molecular weight excluding hydrogens is 430 g/mol. The number of rotatable bonds is 7. The highest BCUT2D eigenvalue weighted by Crippen LogP contribution is 2.25. The highest BCUT2D eigenvalue weighted by Gasteiger charge is 2.28. The SMILES string of the molecule is COC(=O)[C@@H](Cc1cccc(Br)c1)NC(=O)C(c1ccccc1)c1ccccc1. The second-order valence-electron chi connectivity index (χ2n) is 6.67. The van der Waals surface area contributed by atoms with Gasteiger partial charge < -0.3 is 10.1 Å². The van der Waals surface area contributed by atoms with Crippen LogP contribution in [0.1, 0.15) is 22.6 Å². The van der Waals surface area contributed by atoms with E-state index in [9.17, 15) is 9.59 Å². The number of benzene rings is 3. The average molecular weight is 452 g/mol. The van der Waals surface area contributed by atoms with Gasteiger partial charge in [-0.2, -0.15) is 0 Å². The largest absolute Gasteiger partial charge is 0.467 e. The molecule has 0 heterocycles. The van der Waals surface area contributed by atoms with E-state index < -0.39 is 17.9 Å². The fourth-order valence-corrected chi connectivity index (χ4v) is 3.72. The molecule has 148 valence electrons. The Balaban J connectivity index is 1.88. The van der Waals surface area contributed by atoms with Gasteiger partial charge in [-0.25, -0.2) is 4.79 Å². The van der Waals surface area contributed by atoms with Gasteiger partial charge in [0.05, 0.1) is 13.0 Å². The van der Waals surface area contributed by atoms with Crippen molar-refractivity contribution in [2.75, 3.05) is 7.11 Å². The predicted octanol–water partition coefficient (Wildman–Crippen LogP) is 4.48. The lowest BCUT2D eigenvalue weighted by Gasteiger charge is -2.22. The molecule has 3 aromatic carbocycles. The zero-order chi connectivity index (χ0) is 20.6. The number of amides is 1. The lowest BCUT2D eigenvalue weighted by atomic mass is 9.90. The minimum absolute atomic E-state index is 0.243. The molecule has 0 saturated heterocycles. The fourth-order valence-electron chi connectivity index (χ4n) is 3.28. The van der Waals surface area contributed by atoms with Crippen LogP contribution in [0.2, 0.25) is 0 Å². The van der Waals surface area contributed by atoms with E-state index in [4.69, 9.17) is 4.74 Å². The van der Waals surface area contributed by atoms with Gasteiger partial charge in [-0.3, -0.25) is 4.79 Å². The smallest absolute Gasteiger partial charge is 0.328 e. The number of ether oxygens (including phenoxy) is 1. The van der Waals surface area contributed by atoms with Crippen LogP contribution in [-0.4, -0.2) is 25.0 Å². The van der Waals surface area contributed by atoms with Crippen LogP contribution < -0.4 is 5.32 Å². The highest BCUT2D eigenvalue weighted by molar-refractivity contribution is 9.10. The zero-order valence-corrected chi connectivity index (χ0v) is 17.6. The highest BCUT2D eigenvalue weighted by atomic mass is 79.9. The quantitative estimate of drug-likeness (QED) is 0.538. The third-order valence-electron chi connectivity index (χ3n) is 4.66. The first-order chi connectivity index (χ1) is 14.1. The maximum Gasteiger partial charge on any atom is 0.328 e. The lowest BCUT2D eigenvalue weighted by molar-refractivity contribution is -0.145. The van der Waals surface area contributed by atoms with Gasteiger partial charge in [0, 0.05) is 10.9 Å². The third-order valence-corrected chi connectivity index (χ3v) is 5.15. The molecule has 5 heteroatoms. The Labute approximate surface area is 179 Å². The van der Waals surface area contributed by atoms with Crippen molar-refractivity contribution in [2.45, 2.75) is 18.4 Å². The molecule has 1 amide bonds. The minimum atomic E-state index is -0.781. The molecule has 29 heavy (non-hydrogen) atoms. The molecule has 0 bridgehead atoms. The van der Waals surface area contributed by atoms with E-state index in [1.165, 1.54) is 7.11 Å². The molecular formula is C24H22BrNO3. The summed E-state index contributed by atoms with van der Waals surface area (Å²) in [6.45, 7) is 0. The second-order valence-corrected chi connectivity index (χ2v) is 7.59. The van der Waals surface area contributed by atoms with Crippen molar-refractivity contribution in [3.63, 3.8) is 0 Å². The summed E-state index contributed by atoms with van der Waals surface area (Å²) in [5.74, 6) is -1.24. The van der Waals surface area contributed by atoms with Crippen molar-refractivity contribution >= 4 is 27.8 Å². The van der Waals surface area contributed by atoms with Crippen LogP contribution in [0, 0.1) is 0 Å². The maximum absolute atomic E-state index is 13.3. The van der Waals surface area contributed by atoms with Crippen LogP contribution in [0.25, 0.3) is 0 Å². The first-order valence-corrected chi connectivity index (χ1v) is 10.1. The number of methoxy groups -OCH3 is 1. The van der Waals surface area contributed by atoms with E-state index in [2.05, 4.69) is 21.2 Å². The molecule has 4 nitrogen and oxygen atoms in total. The molecule has 0 aliphatic carbocycles. The van der Waals surface area contributed by atoms with E-state index in [1.807, 2.05) is 84.9 Å². The Morgan fingerprint density at radius 2 is 1.48 bits per heavy atom. The van der Waals surface area contributed by atoms with Gasteiger partial charge in [0.25, 0.3) is 0 Å². The van der Waals surface area contributed by atoms with Crippen molar-refractivity contribution < 1.29 is 14.3 Å². The number of hydrogen-bond acceptors (Lipinski definition) is 3. The summed E-state index contributed by atoms with van der Waals surface area (Å²) in [6, 6.07) is 26.0. The monoisotopic (exact) mass is 451 g/mol. The molecule has 0 fully saturated rings. The Kier molecular flexibility index (Phi) is 7.19. The van der Waals surface area contributed by atoms with E-state index in [0.717, 1.165) is 21.2 Å². The summed E-state index contributed by atoms with van der Waals surface area (Å²) in [4.78, 5) is 25.7. The third kappa shape index (κ3) is 5.55. The first-order valence-electron chi connectivity index (χ1n) is 9.31. The van der Waals surface area contributed by atoms with Crippen LogP contribution in [0.15, 0.2) is 89.4 Å². The van der Waals surface area contributed by atoms with Gasteiger partial charge in [0.15, 0.2) is 0 Å². The summed E-state index contributed by atoms with van der Waals surface area (Å²) in [7, 11) is 1.33. The van der Waals surface area contributed by atoms with Gasteiger partial charge in [-0.15, -0.1) is 0 Å². The molecule has 0 aliphatic rings. The standard InChI is InChI=1S/C24H22BrNO3/c1-29-24(28)21(16-17-9-8-14-20(25)15-17)26-23(27)22(18-10-4-2-5-11-18)19-12-6-3-7-13-19/h2-15,21-22H,16H2,1H3,(H,26,27)/t21-/m1/s1. The molecule has 0 unspecified atom stereocenters. The summed E-state index contributed by atoms with van der Waals surface area (Å²) in [5, 5.41) is 2.90. The molecule has 3 aromatic rings. The van der Waals surface area contributed by atoms with E-state index in [1.54, 1.807) is 0 Å². The predicted molar refractivity (Wildman–Crippen MR) is 117 cm³/mol. The van der Waals surface area contributed by atoms with Crippen LogP contribution in [0.4, 0.5) is 0 Å². The van der Waals surface area contributed by atoms with Crippen molar-refractivity contribution in [3.05, 3.63) is 106 Å². The van der Waals surface area contributed by atoms with E-state index in [-0.39, 0.29) is 5.91 Å². The Morgan fingerprint density at radius 1 is 0.897 bits per heavy atom. The van der Waals surface area contributed by atoms with Crippen LogP contribution in [0.5, 0.6) is 0 Å². The van der Waals surface area contributed by atoms with E-state index in [0.29, 0.717) is 6.42 Å². The normalized spacial score (nSPS) is 11.7. The average Bonchev–Trinajstić information content (AvgIpc) is 2.74. The molecule has 0 spiro atoms. The van der Waals surface area contributed by atoms with E-state index >= 15 is 0 Å². The second kappa shape index (κ2) is 10.0. The number of halogens is 1. The maximum atomic E-state index is 13.3. The van der Waals surface area contributed by atoms with Gasteiger partial charge in [-0.1, -0.05) is 88.7 Å². The Bertz CT molecular complexity index is 921. The number of carbonyl (C=O) groups excluding carboxylic acids is 2. The van der Waals surface area contributed by atoms with Crippen LogP contribution in [0.3, 0.4) is 0 Å². The Morgan fingerprint density at radius 3 is 2.00 bits per heavy atom. The van der Waals surface area contributed by atoms with Gasteiger partial charge in [0.2, 0.25) is 5.91 Å². The summed E-state index contributed by atoms with van der Waals surface area (Å²) in [6.07, 6.45) is 0.341. The van der Waals surface area contributed by atoms with Crippen LogP contribution in [-0.2, 0) is 20.7 Å². The van der Waals surface area contributed by atoms with Crippen LogP contribution >= 0.6 is 15.9 Å². The van der Waals surface area contributed by atoms with Gasteiger partial charge >= 0.3 is 5.97 Å².